The molecule has 2 aliphatic heterocycles. The summed E-state index contributed by atoms with van der Waals surface area (Å²) in [7, 11) is 2.21. The fourth-order valence-electron chi connectivity index (χ4n) is 3.55. The monoisotopic (exact) mass is 274 g/mol. The maximum Gasteiger partial charge on any atom is 0.0726 e. The van der Waals surface area contributed by atoms with Crippen LogP contribution in [-0.2, 0) is 4.74 Å². The van der Waals surface area contributed by atoms with Gasteiger partial charge in [-0.1, -0.05) is 12.1 Å². The Bertz CT molecular complexity index is 435. The molecule has 20 heavy (non-hydrogen) atoms. The zero-order chi connectivity index (χ0) is 14.1. The number of anilines is 1. The summed E-state index contributed by atoms with van der Waals surface area (Å²) in [4.78, 5) is 4.87. The Labute approximate surface area is 122 Å². The number of nitrogens with zero attached hydrogens (tertiary/aromatic N) is 2. The lowest BCUT2D eigenvalue weighted by Gasteiger charge is -2.37. The molecule has 3 unspecified atom stereocenters. The SMILES string of the molecule is CC1CN(c2ccc(C3CCN(C)C3)cc2)CC(C)O1. The predicted molar refractivity (Wildman–Crippen MR) is 83.5 cm³/mol. The summed E-state index contributed by atoms with van der Waals surface area (Å²) in [5, 5.41) is 0. The van der Waals surface area contributed by atoms with Crippen LogP contribution >= 0.6 is 0 Å². The number of morpholine rings is 1. The minimum atomic E-state index is 0.321. The molecule has 0 amide bonds. The average molecular weight is 274 g/mol. The normalized spacial score (nSPS) is 31.8. The Hall–Kier alpha value is -1.06. The first-order valence-electron chi connectivity index (χ1n) is 7.80. The van der Waals surface area contributed by atoms with Gasteiger partial charge in [0, 0.05) is 25.3 Å². The highest BCUT2D eigenvalue weighted by atomic mass is 16.5. The number of likely N-dealkylation sites (tertiary alicyclic amines) is 1. The lowest BCUT2D eigenvalue weighted by molar-refractivity contribution is -0.00521. The van der Waals surface area contributed by atoms with Crippen LogP contribution in [-0.4, -0.2) is 50.3 Å². The van der Waals surface area contributed by atoms with Gasteiger partial charge in [0.15, 0.2) is 0 Å². The quantitative estimate of drug-likeness (QED) is 0.825. The fourth-order valence-corrected chi connectivity index (χ4v) is 3.55. The number of likely N-dealkylation sites (N-methyl/N-ethyl adjacent to an activating group) is 1. The van der Waals surface area contributed by atoms with E-state index < -0.39 is 0 Å². The molecule has 0 saturated carbocycles. The van der Waals surface area contributed by atoms with Gasteiger partial charge in [-0.2, -0.15) is 0 Å². The van der Waals surface area contributed by atoms with Crippen molar-refractivity contribution in [3.8, 4) is 0 Å². The van der Waals surface area contributed by atoms with Crippen LogP contribution in [0.1, 0.15) is 31.7 Å². The minimum Gasteiger partial charge on any atom is -0.372 e. The highest BCUT2D eigenvalue weighted by Crippen LogP contribution is 2.28. The lowest BCUT2D eigenvalue weighted by atomic mass is 9.98. The van der Waals surface area contributed by atoms with Crippen molar-refractivity contribution in [3.05, 3.63) is 29.8 Å². The molecule has 1 aromatic carbocycles. The van der Waals surface area contributed by atoms with Crippen molar-refractivity contribution in [2.24, 2.45) is 0 Å². The maximum absolute atomic E-state index is 5.81. The Morgan fingerprint density at radius 2 is 1.65 bits per heavy atom. The van der Waals surface area contributed by atoms with Gasteiger partial charge in [-0.15, -0.1) is 0 Å². The summed E-state index contributed by atoms with van der Waals surface area (Å²) in [5.41, 5.74) is 2.83. The Morgan fingerprint density at radius 1 is 1.00 bits per heavy atom. The van der Waals surface area contributed by atoms with E-state index in [9.17, 15) is 0 Å². The summed E-state index contributed by atoms with van der Waals surface area (Å²) < 4.78 is 5.81. The average Bonchev–Trinajstić information content (AvgIpc) is 2.84. The molecule has 0 spiro atoms. The molecule has 0 aromatic heterocycles. The molecule has 3 rings (SSSR count). The molecule has 0 radical (unpaired) electrons. The third-order valence-electron chi connectivity index (χ3n) is 4.54. The standard InChI is InChI=1S/C17H26N2O/c1-13-10-19(11-14(2)20-13)17-6-4-15(5-7-17)16-8-9-18(3)12-16/h4-7,13-14,16H,8-12H2,1-3H3. The molecule has 0 aliphatic carbocycles. The molecule has 3 atom stereocenters. The highest BCUT2D eigenvalue weighted by molar-refractivity contribution is 5.49. The first kappa shape index (κ1) is 13.9. The van der Waals surface area contributed by atoms with Crippen molar-refractivity contribution in [1.29, 1.82) is 0 Å². The number of benzene rings is 1. The maximum atomic E-state index is 5.81. The second-order valence-corrected chi connectivity index (χ2v) is 6.50. The van der Waals surface area contributed by atoms with Gasteiger partial charge in [0.05, 0.1) is 12.2 Å². The Balaban J connectivity index is 1.69. The van der Waals surface area contributed by atoms with E-state index in [1.807, 2.05) is 0 Å². The number of rotatable bonds is 2. The molecule has 2 heterocycles. The van der Waals surface area contributed by atoms with Crippen molar-refractivity contribution in [3.63, 3.8) is 0 Å². The van der Waals surface area contributed by atoms with E-state index in [2.05, 4.69) is 55.0 Å². The number of hydrogen-bond acceptors (Lipinski definition) is 3. The molecule has 0 bridgehead atoms. The van der Waals surface area contributed by atoms with E-state index >= 15 is 0 Å². The van der Waals surface area contributed by atoms with E-state index in [4.69, 9.17) is 4.74 Å². The van der Waals surface area contributed by atoms with Gasteiger partial charge in [0.1, 0.15) is 0 Å². The Morgan fingerprint density at radius 3 is 2.20 bits per heavy atom. The van der Waals surface area contributed by atoms with Crippen LogP contribution in [0.4, 0.5) is 5.69 Å². The Kier molecular flexibility index (Phi) is 3.99. The van der Waals surface area contributed by atoms with E-state index in [-0.39, 0.29) is 0 Å². The smallest absolute Gasteiger partial charge is 0.0726 e. The van der Waals surface area contributed by atoms with E-state index in [1.165, 1.54) is 30.8 Å². The summed E-state index contributed by atoms with van der Waals surface area (Å²) in [6.45, 7) is 8.73. The highest BCUT2D eigenvalue weighted by Gasteiger charge is 2.24. The van der Waals surface area contributed by atoms with Crippen LogP contribution < -0.4 is 4.90 Å². The van der Waals surface area contributed by atoms with Crippen LogP contribution in [0.15, 0.2) is 24.3 Å². The topological polar surface area (TPSA) is 15.7 Å². The molecule has 0 N–H and O–H groups in total. The predicted octanol–water partition coefficient (Wildman–Crippen LogP) is 2.72. The fraction of sp³-hybridized carbons (Fsp3) is 0.647. The van der Waals surface area contributed by atoms with Crippen LogP contribution in [0, 0.1) is 0 Å². The zero-order valence-corrected chi connectivity index (χ0v) is 12.9. The zero-order valence-electron chi connectivity index (χ0n) is 12.9. The van der Waals surface area contributed by atoms with Gasteiger partial charge in [-0.25, -0.2) is 0 Å². The van der Waals surface area contributed by atoms with Gasteiger partial charge in [-0.05, 0) is 57.5 Å². The molecule has 2 aliphatic rings. The summed E-state index contributed by atoms with van der Waals surface area (Å²) in [6, 6.07) is 9.23. The van der Waals surface area contributed by atoms with Gasteiger partial charge >= 0.3 is 0 Å². The van der Waals surface area contributed by atoms with Crippen molar-refractivity contribution < 1.29 is 4.74 Å². The van der Waals surface area contributed by atoms with Crippen LogP contribution in [0.3, 0.4) is 0 Å². The molecule has 2 fully saturated rings. The number of hydrogen-bond donors (Lipinski definition) is 0. The van der Waals surface area contributed by atoms with Crippen LogP contribution in [0.2, 0.25) is 0 Å². The first-order chi connectivity index (χ1) is 9.61. The van der Waals surface area contributed by atoms with Crippen molar-refractivity contribution in [2.75, 3.05) is 38.1 Å². The van der Waals surface area contributed by atoms with E-state index in [1.54, 1.807) is 0 Å². The number of ether oxygens (including phenoxy) is 1. The molecule has 3 nitrogen and oxygen atoms in total. The van der Waals surface area contributed by atoms with Gasteiger partial charge in [0.25, 0.3) is 0 Å². The molecular weight excluding hydrogens is 248 g/mol. The largest absolute Gasteiger partial charge is 0.372 e. The molecule has 110 valence electrons. The third kappa shape index (κ3) is 2.99. The van der Waals surface area contributed by atoms with Gasteiger partial charge in [0.2, 0.25) is 0 Å². The van der Waals surface area contributed by atoms with Crippen molar-refractivity contribution in [1.82, 2.24) is 4.90 Å². The van der Waals surface area contributed by atoms with E-state index in [0.717, 1.165) is 19.0 Å². The summed E-state index contributed by atoms with van der Waals surface area (Å²) in [5.74, 6) is 0.719. The second kappa shape index (κ2) is 5.74. The molecular formula is C17H26N2O. The first-order valence-corrected chi connectivity index (χ1v) is 7.80. The molecule has 1 aromatic rings. The van der Waals surface area contributed by atoms with E-state index in [0.29, 0.717) is 12.2 Å². The molecule has 2 saturated heterocycles. The van der Waals surface area contributed by atoms with Crippen molar-refractivity contribution in [2.45, 2.75) is 38.4 Å². The van der Waals surface area contributed by atoms with Crippen LogP contribution in [0.25, 0.3) is 0 Å². The van der Waals surface area contributed by atoms with Crippen LogP contribution in [0.5, 0.6) is 0 Å². The second-order valence-electron chi connectivity index (χ2n) is 6.50. The summed E-state index contributed by atoms with van der Waals surface area (Å²) >= 11 is 0. The molecule has 3 heteroatoms. The lowest BCUT2D eigenvalue weighted by Crippen LogP contribution is -2.45. The van der Waals surface area contributed by atoms with Gasteiger partial charge in [-0.3, -0.25) is 0 Å². The minimum absolute atomic E-state index is 0.321. The summed E-state index contributed by atoms with van der Waals surface area (Å²) in [6.07, 6.45) is 1.94. The van der Waals surface area contributed by atoms with Gasteiger partial charge < -0.3 is 14.5 Å². The van der Waals surface area contributed by atoms with Crippen molar-refractivity contribution >= 4 is 5.69 Å². The third-order valence-corrected chi connectivity index (χ3v) is 4.54.